The first kappa shape index (κ1) is 7.22. The molecular weight excluding hydrogens is 134 g/mol. The maximum absolute atomic E-state index is 11.0. The van der Waals surface area contributed by atoms with Gasteiger partial charge in [-0.05, 0) is 19.3 Å². The van der Waals surface area contributed by atoms with E-state index < -0.39 is 11.0 Å². The zero-order valence-electron chi connectivity index (χ0n) is 5.56. The molecule has 0 aliphatic carbocycles. The third kappa shape index (κ3) is 2.06. The second kappa shape index (κ2) is 3.32. The number of nitrogens with one attached hydrogen (secondary N) is 1. The van der Waals surface area contributed by atoms with Crippen molar-refractivity contribution in [3.63, 3.8) is 0 Å². The molecule has 0 bridgehead atoms. The average Bonchev–Trinajstić information content (AvgIpc) is 1.99. The van der Waals surface area contributed by atoms with E-state index >= 15 is 0 Å². The van der Waals surface area contributed by atoms with Gasteiger partial charge in [-0.1, -0.05) is 0 Å². The molecule has 1 aliphatic heterocycles. The second-order valence-corrected chi connectivity index (χ2v) is 4.08. The predicted molar refractivity (Wildman–Crippen MR) is 38.0 cm³/mol. The van der Waals surface area contributed by atoms with Gasteiger partial charge in [-0.2, -0.15) is 0 Å². The summed E-state index contributed by atoms with van der Waals surface area (Å²) < 4.78 is 12.0. The van der Waals surface area contributed by atoms with Gasteiger partial charge in [0.25, 0.3) is 0 Å². The van der Waals surface area contributed by atoms with Crippen LogP contribution in [0.3, 0.4) is 0 Å². The average molecular weight is 147 g/mol. The zero-order valence-corrected chi connectivity index (χ0v) is 6.38. The molecule has 1 N–H and O–H groups in total. The van der Waals surface area contributed by atoms with E-state index in [1.54, 1.807) is 0 Å². The van der Waals surface area contributed by atoms with Gasteiger partial charge in [-0.25, -0.2) is 4.21 Å². The maximum Gasteiger partial charge on any atom is 0.178 e. The van der Waals surface area contributed by atoms with Crippen molar-refractivity contribution in [1.82, 2.24) is 0 Å². The minimum atomic E-state index is -0.697. The van der Waals surface area contributed by atoms with Crippen molar-refractivity contribution in [2.45, 2.75) is 19.3 Å². The van der Waals surface area contributed by atoms with Gasteiger partial charge in [0.15, 0.2) is 11.0 Å². The topological polar surface area (TPSA) is 21.5 Å². The third-order valence-electron chi connectivity index (χ3n) is 1.61. The van der Waals surface area contributed by atoms with Crippen LogP contribution in [0.2, 0.25) is 0 Å². The Morgan fingerprint density at radius 3 is 2.89 bits per heavy atom. The van der Waals surface area contributed by atoms with Crippen LogP contribution in [0.15, 0.2) is 0 Å². The lowest BCUT2D eigenvalue weighted by Gasteiger charge is -2.14. The largest absolute Gasteiger partial charge is 0.381 e. The molecular formula is C6H13NOS. The van der Waals surface area contributed by atoms with Crippen LogP contribution in [0, 0.1) is 7.05 Å². The molecule has 1 aliphatic rings. The van der Waals surface area contributed by atoms with E-state index in [0.717, 1.165) is 23.0 Å². The molecule has 1 heterocycles. The van der Waals surface area contributed by atoms with Gasteiger partial charge >= 0.3 is 0 Å². The SMILES string of the molecule is [CH2-][NH+]1CCCCCS1=O. The van der Waals surface area contributed by atoms with Gasteiger partial charge < -0.3 is 4.31 Å². The standard InChI is InChI=1S/C6H13NOS/c1-7-5-3-2-4-6-9(7)8/h7H,1-6H2. The van der Waals surface area contributed by atoms with Crippen molar-refractivity contribution in [3.05, 3.63) is 7.05 Å². The van der Waals surface area contributed by atoms with Crippen LogP contribution in [0.5, 0.6) is 0 Å². The fourth-order valence-electron chi connectivity index (χ4n) is 0.990. The molecule has 54 valence electrons. The third-order valence-corrected chi connectivity index (χ3v) is 3.11. The monoisotopic (exact) mass is 147 g/mol. The van der Waals surface area contributed by atoms with Crippen molar-refractivity contribution in [3.8, 4) is 0 Å². The van der Waals surface area contributed by atoms with E-state index in [1.165, 1.54) is 12.8 Å². The Hall–Kier alpha value is 0.110. The van der Waals surface area contributed by atoms with Crippen molar-refractivity contribution in [1.29, 1.82) is 0 Å². The summed E-state index contributed by atoms with van der Waals surface area (Å²) in [6, 6.07) is 0. The molecule has 0 aromatic rings. The lowest BCUT2D eigenvalue weighted by atomic mass is 10.2. The molecule has 2 nitrogen and oxygen atoms in total. The first-order chi connectivity index (χ1) is 4.30. The molecule has 1 fully saturated rings. The highest BCUT2D eigenvalue weighted by Gasteiger charge is 2.10. The lowest BCUT2D eigenvalue weighted by molar-refractivity contribution is -0.708. The fourth-order valence-corrected chi connectivity index (χ4v) is 2.12. The highest BCUT2D eigenvalue weighted by Crippen LogP contribution is 1.96. The number of hydrogen-bond acceptors (Lipinski definition) is 1. The van der Waals surface area contributed by atoms with Crippen molar-refractivity contribution >= 4 is 11.0 Å². The number of hydrogen-bond donors (Lipinski definition) is 1. The molecule has 9 heavy (non-hydrogen) atoms. The molecule has 0 radical (unpaired) electrons. The summed E-state index contributed by atoms with van der Waals surface area (Å²) >= 11 is 0. The normalized spacial score (nSPS) is 37.9. The fraction of sp³-hybridized carbons (Fsp3) is 0.833. The van der Waals surface area contributed by atoms with Gasteiger partial charge in [-0.15, -0.1) is 7.05 Å². The summed E-state index contributed by atoms with van der Waals surface area (Å²) in [5.74, 6) is 0.846. The van der Waals surface area contributed by atoms with Crippen molar-refractivity contribution < 1.29 is 8.51 Å². The van der Waals surface area contributed by atoms with Crippen LogP contribution in [0.25, 0.3) is 0 Å². The Balaban J connectivity index is 2.41. The van der Waals surface area contributed by atoms with E-state index in [-0.39, 0.29) is 0 Å². The van der Waals surface area contributed by atoms with Gasteiger partial charge in [0.2, 0.25) is 0 Å². The van der Waals surface area contributed by atoms with E-state index in [1.807, 2.05) is 0 Å². The van der Waals surface area contributed by atoms with Gasteiger partial charge in [-0.3, -0.25) is 0 Å². The van der Waals surface area contributed by atoms with E-state index in [2.05, 4.69) is 7.05 Å². The van der Waals surface area contributed by atoms with Gasteiger partial charge in [0, 0.05) is 0 Å². The minimum absolute atomic E-state index is 0.697. The van der Waals surface area contributed by atoms with Crippen LogP contribution in [0.1, 0.15) is 19.3 Å². The summed E-state index contributed by atoms with van der Waals surface area (Å²) in [4.78, 5) is 0. The lowest BCUT2D eigenvalue weighted by Crippen LogP contribution is -3.06. The molecule has 2 unspecified atom stereocenters. The second-order valence-electron chi connectivity index (χ2n) is 2.40. The molecule has 2 atom stereocenters. The predicted octanol–water partition coefficient (Wildman–Crippen LogP) is -0.490. The van der Waals surface area contributed by atoms with E-state index in [0.29, 0.717) is 0 Å². The highest BCUT2D eigenvalue weighted by atomic mass is 32.2. The maximum atomic E-state index is 11.0. The Bertz CT molecular complexity index is 116. The van der Waals surface area contributed by atoms with Gasteiger partial charge in [0.05, 0.1) is 12.3 Å². The number of rotatable bonds is 0. The molecule has 0 amide bonds. The summed E-state index contributed by atoms with van der Waals surface area (Å²) in [6.07, 6.45) is 3.53. The molecule has 3 heteroatoms. The Labute approximate surface area is 58.8 Å². The smallest absolute Gasteiger partial charge is 0.178 e. The van der Waals surface area contributed by atoms with Crippen molar-refractivity contribution in [2.75, 3.05) is 12.3 Å². The summed E-state index contributed by atoms with van der Waals surface area (Å²) in [7, 11) is 3.06. The summed E-state index contributed by atoms with van der Waals surface area (Å²) in [5.41, 5.74) is 0. The molecule has 0 spiro atoms. The molecule has 1 saturated heterocycles. The summed E-state index contributed by atoms with van der Waals surface area (Å²) in [5, 5.41) is 0. The van der Waals surface area contributed by atoms with Crippen molar-refractivity contribution in [2.24, 2.45) is 0 Å². The van der Waals surface area contributed by atoms with Gasteiger partial charge in [0.1, 0.15) is 0 Å². The first-order valence-electron chi connectivity index (χ1n) is 3.37. The zero-order chi connectivity index (χ0) is 6.69. The molecule has 0 aromatic carbocycles. The Morgan fingerprint density at radius 2 is 2.11 bits per heavy atom. The summed E-state index contributed by atoms with van der Waals surface area (Å²) in [6.45, 7) is 0.979. The van der Waals surface area contributed by atoms with Crippen LogP contribution in [-0.4, -0.2) is 16.5 Å². The molecule has 0 saturated carbocycles. The number of quaternary nitrogens is 1. The molecule has 1 rings (SSSR count). The quantitative estimate of drug-likeness (QED) is 0.459. The van der Waals surface area contributed by atoms with Crippen LogP contribution < -0.4 is 4.31 Å². The Kier molecular flexibility index (Phi) is 2.66. The van der Waals surface area contributed by atoms with Crippen LogP contribution >= 0.6 is 0 Å². The van der Waals surface area contributed by atoms with Crippen LogP contribution in [0.4, 0.5) is 0 Å². The van der Waals surface area contributed by atoms with Crippen LogP contribution in [-0.2, 0) is 11.0 Å². The molecule has 0 aromatic heterocycles. The van der Waals surface area contributed by atoms with E-state index in [9.17, 15) is 4.21 Å². The first-order valence-corrected chi connectivity index (χ1v) is 4.69. The van der Waals surface area contributed by atoms with E-state index in [4.69, 9.17) is 0 Å². The minimum Gasteiger partial charge on any atom is -0.381 e. The Morgan fingerprint density at radius 1 is 1.33 bits per heavy atom. The highest BCUT2D eigenvalue weighted by molar-refractivity contribution is 7.78.